The van der Waals surface area contributed by atoms with Gasteiger partial charge in [0.05, 0.1) is 26.8 Å². The van der Waals surface area contributed by atoms with Gasteiger partial charge in [-0.2, -0.15) is 0 Å². The molecule has 2 aromatic carbocycles. The normalized spacial score (nSPS) is 10.3. The van der Waals surface area contributed by atoms with Crippen molar-refractivity contribution in [2.75, 3.05) is 10.6 Å². The van der Waals surface area contributed by atoms with Crippen molar-refractivity contribution in [1.29, 1.82) is 0 Å². The fraction of sp³-hybridized carbons (Fsp3) is 0.0500. The molecule has 29 heavy (non-hydrogen) atoms. The molecule has 0 fully saturated rings. The Morgan fingerprint density at radius 3 is 2.38 bits per heavy atom. The molecular weight excluding hydrogens is 396 g/mol. The number of hydrogen-bond donors (Lipinski definition) is 2. The fourth-order valence-electron chi connectivity index (χ4n) is 2.51. The molecule has 0 aliphatic rings. The highest BCUT2D eigenvalue weighted by Gasteiger charge is 2.18. The minimum absolute atomic E-state index is 0.0488. The van der Waals surface area contributed by atoms with Gasteiger partial charge in [0.15, 0.2) is 0 Å². The zero-order valence-electron chi connectivity index (χ0n) is 15.2. The molecule has 2 N–H and O–H groups in total. The average Bonchev–Trinajstić information content (AvgIpc) is 2.69. The summed E-state index contributed by atoms with van der Waals surface area (Å²) in [6.45, 7) is 1.88. The van der Waals surface area contributed by atoms with Crippen molar-refractivity contribution in [1.82, 2.24) is 4.98 Å². The summed E-state index contributed by atoms with van der Waals surface area (Å²) >= 11 is 6.00. The van der Waals surface area contributed by atoms with Crippen LogP contribution in [-0.4, -0.2) is 21.7 Å². The first-order valence-electron chi connectivity index (χ1n) is 8.43. The Bertz CT molecular complexity index is 1100. The van der Waals surface area contributed by atoms with Crippen molar-refractivity contribution in [2.24, 2.45) is 0 Å². The van der Waals surface area contributed by atoms with Gasteiger partial charge in [-0.3, -0.25) is 19.7 Å². The van der Waals surface area contributed by atoms with Gasteiger partial charge in [-0.1, -0.05) is 29.8 Å². The topological polar surface area (TPSA) is 114 Å². The van der Waals surface area contributed by atoms with E-state index in [0.29, 0.717) is 5.82 Å². The van der Waals surface area contributed by atoms with Crippen molar-refractivity contribution < 1.29 is 14.5 Å². The van der Waals surface area contributed by atoms with Gasteiger partial charge in [-0.25, -0.2) is 4.98 Å². The predicted molar refractivity (Wildman–Crippen MR) is 109 cm³/mol. The van der Waals surface area contributed by atoms with Crippen LogP contribution in [0.15, 0.2) is 60.8 Å². The molecule has 3 rings (SSSR count). The number of nitrogens with zero attached hydrogens (tertiary/aromatic N) is 2. The number of aromatic nitrogens is 1. The summed E-state index contributed by atoms with van der Waals surface area (Å²) < 4.78 is 0. The molecule has 0 saturated carbocycles. The summed E-state index contributed by atoms with van der Waals surface area (Å²) in [5.74, 6) is -0.675. The van der Waals surface area contributed by atoms with Crippen LogP contribution in [0, 0.1) is 17.0 Å². The van der Waals surface area contributed by atoms with Crippen LogP contribution in [-0.2, 0) is 0 Å². The number of rotatable bonds is 5. The van der Waals surface area contributed by atoms with Crippen molar-refractivity contribution in [2.45, 2.75) is 6.92 Å². The second kappa shape index (κ2) is 8.49. The largest absolute Gasteiger partial charge is 0.321 e. The molecule has 0 bridgehead atoms. The number of carbonyl (C=O) groups excluding carboxylic acids is 2. The molecule has 0 saturated heterocycles. The number of para-hydroxylation sites is 1. The molecule has 0 radical (unpaired) electrons. The number of pyridine rings is 1. The lowest BCUT2D eigenvalue weighted by atomic mass is 10.1. The molecule has 0 aliphatic carbocycles. The molecule has 2 amide bonds. The summed E-state index contributed by atoms with van der Waals surface area (Å²) in [6, 6.07) is 13.5. The zero-order chi connectivity index (χ0) is 21.0. The van der Waals surface area contributed by atoms with Gasteiger partial charge >= 0.3 is 0 Å². The van der Waals surface area contributed by atoms with Crippen LogP contribution in [0.4, 0.5) is 17.2 Å². The number of benzene rings is 2. The third-order valence-corrected chi connectivity index (χ3v) is 4.29. The summed E-state index contributed by atoms with van der Waals surface area (Å²) in [5.41, 5.74) is 1.26. The van der Waals surface area contributed by atoms with E-state index in [-0.39, 0.29) is 27.5 Å². The smallest absolute Gasteiger partial charge is 0.270 e. The molecule has 9 heteroatoms. The second-order valence-electron chi connectivity index (χ2n) is 6.10. The van der Waals surface area contributed by atoms with E-state index in [1.54, 1.807) is 36.5 Å². The van der Waals surface area contributed by atoms with Gasteiger partial charge in [0, 0.05) is 18.3 Å². The van der Waals surface area contributed by atoms with Crippen molar-refractivity contribution in [3.63, 3.8) is 0 Å². The number of nitrogens with one attached hydrogen (secondary N) is 2. The Hall–Kier alpha value is -3.78. The maximum atomic E-state index is 12.6. The molecule has 0 unspecified atom stereocenters. The van der Waals surface area contributed by atoms with E-state index in [1.807, 2.05) is 13.0 Å². The molecule has 0 atom stereocenters. The molecule has 1 heterocycles. The fourth-order valence-corrected chi connectivity index (χ4v) is 2.77. The molecular formula is C20H15ClN4O4. The van der Waals surface area contributed by atoms with Crippen molar-refractivity contribution in [3.05, 3.63) is 92.6 Å². The summed E-state index contributed by atoms with van der Waals surface area (Å²) in [4.78, 5) is 39.5. The van der Waals surface area contributed by atoms with E-state index in [9.17, 15) is 19.7 Å². The van der Waals surface area contributed by atoms with Crippen LogP contribution in [0.1, 0.15) is 26.3 Å². The SMILES string of the molecule is Cc1ccc(NC(=O)c2ccccc2NC(=O)c2ccc([N+](=O)[O-])cc2Cl)nc1. The van der Waals surface area contributed by atoms with Crippen LogP contribution in [0.3, 0.4) is 0 Å². The Balaban J connectivity index is 1.81. The number of amides is 2. The number of aryl methyl sites for hydroxylation is 1. The number of anilines is 2. The van der Waals surface area contributed by atoms with Crippen molar-refractivity contribution >= 4 is 40.6 Å². The maximum Gasteiger partial charge on any atom is 0.270 e. The van der Waals surface area contributed by atoms with E-state index < -0.39 is 16.7 Å². The van der Waals surface area contributed by atoms with Crippen molar-refractivity contribution in [3.8, 4) is 0 Å². The van der Waals surface area contributed by atoms with Gasteiger partial charge in [0.1, 0.15) is 5.82 Å². The minimum Gasteiger partial charge on any atom is -0.321 e. The number of nitro groups is 1. The molecule has 146 valence electrons. The van der Waals surface area contributed by atoms with Gasteiger partial charge < -0.3 is 10.6 Å². The molecule has 0 aliphatic heterocycles. The highest BCUT2D eigenvalue weighted by molar-refractivity contribution is 6.34. The molecule has 8 nitrogen and oxygen atoms in total. The summed E-state index contributed by atoms with van der Waals surface area (Å²) in [6.07, 6.45) is 1.62. The lowest BCUT2D eigenvalue weighted by molar-refractivity contribution is -0.384. The second-order valence-corrected chi connectivity index (χ2v) is 6.50. The first kappa shape index (κ1) is 20.0. The van der Waals surface area contributed by atoms with E-state index >= 15 is 0 Å². The van der Waals surface area contributed by atoms with Crippen LogP contribution in [0.5, 0.6) is 0 Å². The molecule has 0 spiro atoms. The standard InChI is InChI=1S/C20H15ClN4O4/c1-12-6-9-18(22-11-12)24-20(27)15-4-2-3-5-17(15)23-19(26)14-8-7-13(25(28)29)10-16(14)21/h2-11H,1H3,(H,23,26)(H,22,24,27). The number of nitro benzene ring substituents is 1. The van der Waals surface area contributed by atoms with Crippen LogP contribution in [0.25, 0.3) is 0 Å². The number of halogens is 1. The van der Waals surface area contributed by atoms with E-state index in [0.717, 1.165) is 11.6 Å². The van der Waals surface area contributed by atoms with Gasteiger partial charge in [0.2, 0.25) is 0 Å². The first-order valence-corrected chi connectivity index (χ1v) is 8.81. The average molecular weight is 411 g/mol. The summed E-state index contributed by atoms with van der Waals surface area (Å²) in [7, 11) is 0. The van der Waals surface area contributed by atoms with Crippen LogP contribution < -0.4 is 10.6 Å². The maximum absolute atomic E-state index is 12.6. The number of carbonyl (C=O) groups is 2. The Kier molecular flexibility index (Phi) is 5.85. The summed E-state index contributed by atoms with van der Waals surface area (Å²) in [5, 5.41) is 16.0. The van der Waals surface area contributed by atoms with E-state index in [4.69, 9.17) is 11.6 Å². The molecule has 1 aromatic heterocycles. The van der Waals surface area contributed by atoms with E-state index in [2.05, 4.69) is 15.6 Å². The van der Waals surface area contributed by atoms with Gasteiger partial charge in [0.25, 0.3) is 17.5 Å². The zero-order valence-corrected chi connectivity index (χ0v) is 15.9. The monoisotopic (exact) mass is 410 g/mol. The van der Waals surface area contributed by atoms with E-state index in [1.165, 1.54) is 12.1 Å². The quantitative estimate of drug-likeness (QED) is 0.476. The third kappa shape index (κ3) is 4.74. The number of non-ortho nitro benzene ring substituents is 1. The van der Waals surface area contributed by atoms with Crippen LogP contribution >= 0.6 is 11.6 Å². The first-order chi connectivity index (χ1) is 13.8. The van der Waals surface area contributed by atoms with Gasteiger partial charge in [-0.15, -0.1) is 0 Å². The lowest BCUT2D eigenvalue weighted by Crippen LogP contribution is -2.19. The highest BCUT2D eigenvalue weighted by Crippen LogP contribution is 2.24. The predicted octanol–water partition coefficient (Wildman–Crippen LogP) is 4.46. The Morgan fingerprint density at radius 2 is 1.72 bits per heavy atom. The molecule has 3 aromatic rings. The lowest BCUT2D eigenvalue weighted by Gasteiger charge is -2.12. The number of hydrogen-bond acceptors (Lipinski definition) is 5. The Labute approximate surface area is 170 Å². The van der Waals surface area contributed by atoms with Crippen LogP contribution in [0.2, 0.25) is 5.02 Å². The Morgan fingerprint density at radius 1 is 1.00 bits per heavy atom. The van der Waals surface area contributed by atoms with Gasteiger partial charge in [-0.05, 0) is 36.8 Å². The third-order valence-electron chi connectivity index (χ3n) is 3.98. The highest BCUT2D eigenvalue weighted by atomic mass is 35.5. The minimum atomic E-state index is -0.605.